The van der Waals surface area contributed by atoms with Crippen molar-refractivity contribution in [2.75, 3.05) is 26.2 Å². The SMILES string of the molecule is CCCC[N+](CCCC)(CCCC)CCCC.F.N. The van der Waals surface area contributed by atoms with Crippen LogP contribution in [-0.4, -0.2) is 30.7 Å². The molecule has 3 heteroatoms. The van der Waals surface area contributed by atoms with Gasteiger partial charge in [-0.15, -0.1) is 0 Å². The summed E-state index contributed by atoms with van der Waals surface area (Å²) in [7, 11) is 0. The number of unbranched alkanes of at least 4 members (excludes halogenated alkanes) is 4. The summed E-state index contributed by atoms with van der Waals surface area (Å²) < 4.78 is 1.42. The van der Waals surface area contributed by atoms with E-state index in [2.05, 4.69) is 27.7 Å². The van der Waals surface area contributed by atoms with Gasteiger partial charge in [-0.25, -0.2) is 0 Å². The van der Waals surface area contributed by atoms with E-state index in [1.807, 2.05) is 0 Å². The van der Waals surface area contributed by atoms with Crippen molar-refractivity contribution < 1.29 is 9.19 Å². The molecule has 19 heavy (non-hydrogen) atoms. The summed E-state index contributed by atoms with van der Waals surface area (Å²) in [5, 5.41) is 0. The zero-order chi connectivity index (χ0) is 13.0. The van der Waals surface area contributed by atoms with Crippen molar-refractivity contribution in [2.45, 2.75) is 79.1 Å². The smallest absolute Gasteiger partial charge is 0.0786 e. The van der Waals surface area contributed by atoms with Gasteiger partial charge in [-0.3, -0.25) is 4.70 Å². The summed E-state index contributed by atoms with van der Waals surface area (Å²) in [5.41, 5.74) is 0. The Morgan fingerprint density at radius 2 is 0.737 bits per heavy atom. The van der Waals surface area contributed by atoms with E-state index in [1.165, 1.54) is 82.0 Å². The second-order valence-electron chi connectivity index (χ2n) is 5.65. The van der Waals surface area contributed by atoms with Crippen LogP contribution in [0.3, 0.4) is 0 Å². The van der Waals surface area contributed by atoms with Crippen LogP contribution in [0.4, 0.5) is 4.70 Å². The van der Waals surface area contributed by atoms with Crippen molar-refractivity contribution in [1.29, 1.82) is 0 Å². The summed E-state index contributed by atoms with van der Waals surface area (Å²) in [6.07, 6.45) is 11.1. The van der Waals surface area contributed by atoms with Gasteiger partial charge >= 0.3 is 0 Å². The van der Waals surface area contributed by atoms with E-state index in [0.29, 0.717) is 0 Å². The molecule has 0 aromatic heterocycles. The lowest BCUT2D eigenvalue weighted by atomic mass is 10.1. The molecule has 2 nitrogen and oxygen atoms in total. The average Bonchev–Trinajstić information content (AvgIpc) is 2.37. The molecule has 0 spiro atoms. The highest BCUT2D eigenvalue weighted by Gasteiger charge is 2.24. The molecule has 0 atom stereocenters. The summed E-state index contributed by atoms with van der Waals surface area (Å²) in [4.78, 5) is 0. The summed E-state index contributed by atoms with van der Waals surface area (Å²) in [6.45, 7) is 15.0. The van der Waals surface area contributed by atoms with E-state index >= 15 is 0 Å². The number of hydrogen-bond donors (Lipinski definition) is 1. The number of rotatable bonds is 12. The first-order valence-electron chi connectivity index (χ1n) is 8.09. The van der Waals surface area contributed by atoms with Crippen molar-refractivity contribution in [3.05, 3.63) is 0 Å². The van der Waals surface area contributed by atoms with Crippen molar-refractivity contribution >= 4 is 0 Å². The number of quaternary nitrogens is 1. The first kappa shape index (κ1) is 23.9. The van der Waals surface area contributed by atoms with Gasteiger partial charge in [-0.1, -0.05) is 53.4 Å². The van der Waals surface area contributed by atoms with Crippen molar-refractivity contribution in [3.8, 4) is 0 Å². The third-order valence-electron chi connectivity index (χ3n) is 3.94. The highest BCUT2D eigenvalue weighted by molar-refractivity contribution is 4.49. The Kier molecular flexibility index (Phi) is 20.0. The molecular formula is C16H40FN2+. The van der Waals surface area contributed by atoms with Crippen LogP contribution in [0.1, 0.15) is 79.1 Å². The highest BCUT2D eigenvalue weighted by Crippen LogP contribution is 2.16. The molecule has 0 unspecified atom stereocenters. The van der Waals surface area contributed by atoms with E-state index in [1.54, 1.807) is 0 Å². The maximum atomic E-state index is 2.33. The van der Waals surface area contributed by atoms with Crippen LogP contribution in [0.15, 0.2) is 0 Å². The molecule has 0 rings (SSSR count). The lowest BCUT2D eigenvalue weighted by molar-refractivity contribution is -0.929. The van der Waals surface area contributed by atoms with Crippen LogP contribution < -0.4 is 6.15 Å². The fourth-order valence-electron chi connectivity index (χ4n) is 2.64. The molecule has 0 aliphatic carbocycles. The normalized spacial score (nSPS) is 10.7. The van der Waals surface area contributed by atoms with Crippen molar-refractivity contribution in [3.63, 3.8) is 0 Å². The first-order chi connectivity index (χ1) is 8.24. The van der Waals surface area contributed by atoms with E-state index < -0.39 is 0 Å². The minimum absolute atomic E-state index is 0. The first-order valence-corrected chi connectivity index (χ1v) is 8.09. The fourth-order valence-corrected chi connectivity index (χ4v) is 2.64. The van der Waals surface area contributed by atoms with E-state index in [-0.39, 0.29) is 10.9 Å². The van der Waals surface area contributed by atoms with Crippen LogP contribution in [-0.2, 0) is 0 Å². The maximum absolute atomic E-state index is 2.33. The molecule has 3 N–H and O–H groups in total. The predicted molar refractivity (Wildman–Crippen MR) is 86.9 cm³/mol. The molecule has 0 heterocycles. The van der Waals surface area contributed by atoms with Gasteiger partial charge in [0.25, 0.3) is 0 Å². The van der Waals surface area contributed by atoms with Crippen LogP contribution >= 0.6 is 0 Å². The van der Waals surface area contributed by atoms with Gasteiger partial charge in [0, 0.05) is 0 Å². The van der Waals surface area contributed by atoms with Crippen molar-refractivity contribution in [2.24, 2.45) is 0 Å². The Hall–Kier alpha value is -0.150. The molecule has 0 saturated heterocycles. The monoisotopic (exact) mass is 279 g/mol. The fraction of sp³-hybridized carbons (Fsp3) is 1.00. The lowest BCUT2D eigenvalue weighted by Crippen LogP contribution is -2.50. The molecule has 0 saturated carbocycles. The Morgan fingerprint density at radius 3 is 0.895 bits per heavy atom. The van der Waals surface area contributed by atoms with Crippen LogP contribution in [0.25, 0.3) is 0 Å². The lowest BCUT2D eigenvalue weighted by Gasteiger charge is -2.39. The number of halogens is 1. The molecule has 0 bridgehead atoms. The van der Waals surface area contributed by atoms with Gasteiger partial charge in [-0.05, 0) is 25.7 Å². The third-order valence-corrected chi connectivity index (χ3v) is 3.94. The Labute approximate surface area is 121 Å². The predicted octanol–water partition coefficient (Wildman–Crippen LogP) is 5.32. The molecule has 0 aliphatic heterocycles. The molecule has 0 aromatic carbocycles. The highest BCUT2D eigenvalue weighted by atomic mass is 19.0. The largest absolute Gasteiger partial charge is 0.344 e. The van der Waals surface area contributed by atoms with Crippen LogP contribution in [0, 0.1) is 0 Å². The standard InChI is InChI=1S/C16H36N.FH.H3N/c1-5-9-13-17(14-10-6-2,15-11-7-3)16-12-8-4;;/h5-16H2,1-4H3;1H;1H3/q+1;;. The number of nitrogens with zero attached hydrogens (tertiary/aromatic N) is 1. The molecule has 0 amide bonds. The molecule has 0 aliphatic rings. The van der Waals surface area contributed by atoms with Crippen LogP contribution in [0.2, 0.25) is 0 Å². The second-order valence-corrected chi connectivity index (χ2v) is 5.65. The Morgan fingerprint density at radius 1 is 0.526 bits per heavy atom. The van der Waals surface area contributed by atoms with Gasteiger partial charge in [0.05, 0.1) is 26.2 Å². The zero-order valence-electron chi connectivity index (χ0n) is 14.0. The Bertz CT molecular complexity index is 125. The van der Waals surface area contributed by atoms with E-state index in [4.69, 9.17) is 0 Å². The van der Waals surface area contributed by atoms with E-state index in [9.17, 15) is 0 Å². The molecule has 0 fully saturated rings. The third kappa shape index (κ3) is 11.4. The molecule has 0 aromatic rings. The zero-order valence-corrected chi connectivity index (χ0v) is 14.0. The minimum Gasteiger partial charge on any atom is -0.344 e. The average molecular weight is 280 g/mol. The van der Waals surface area contributed by atoms with Gasteiger partial charge in [-0.2, -0.15) is 0 Å². The second kappa shape index (κ2) is 15.9. The molecule has 120 valence electrons. The Balaban J connectivity index is -0.00000128. The van der Waals surface area contributed by atoms with Gasteiger partial charge in [0.15, 0.2) is 0 Å². The topological polar surface area (TPSA) is 35.0 Å². The molecule has 0 radical (unpaired) electrons. The maximum Gasteiger partial charge on any atom is 0.0786 e. The quantitative estimate of drug-likeness (QED) is 0.482. The van der Waals surface area contributed by atoms with Gasteiger partial charge < -0.3 is 10.6 Å². The summed E-state index contributed by atoms with van der Waals surface area (Å²) in [6, 6.07) is 0. The molecular weight excluding hydrogens is 239 g/mol. The summed E-state index contributed by atoms with van der Waals surface area (Å²) >= 11 is 0. The summed E-state index contributed by atoms with van der Waals surface area (Å²) in [5.74, 6) is 0. The van der Waals surface area contributed by atoms with Crippen LogP contribution in [0.5, 0.6) is 0 Å². The number of hydrogen-bond acceptors (Lipinski definition) is 1. The van der Waals surface area contributed by atoms with Crippen molar-refractivity contribution in [1.82, 2.24) is 6.15 Å². The van der Waals surface area contributed by atoms with Gasteiger partial charge in [0.2, 0.25) is 0 Å². The minimum atomic E-state index is 0. The van der Waals surface area contributed by atoms with E-state index in [0.717, 1.165) is 0 Å². The van der Waals surface area contributed by atoms with Gasteiger partial charge in [0.1, 0.15) is 0 Å².